The highest BCUT2D eigenvalue weighted by molar-refractivity contribution is 6.31. The minimum absolute atomic E-state index is 0.0545. The van der Waals surface area contributed by atoms with Crippen LogP contribution in [0.3, 0.4) is 0 Å². The Morgan fingerprint density at radius 3 is 2.84 bits per heavy atom. The second-order valence-corrected chi connectivity index (χ2v) is 4.65. The summed E-state index contributed by atoms with van der Waals surface area (Å²) in [5.41, 5.74) is 2.26. The quantitative estimate of drug-likeness (QED) is 0.802. The Labute approximate surface area is 117 Å². The number of halogens is 1. The van der Waals surface area contributed by atoms with Crippen LogP contribution in [0.4, 0.5) is 0 Å². The third-order valence-electron chi connectivity index (χ3n) is 2.91. The van der Waals surface area contributed by atoms with Crippen molar-refractivity contribution in [1.29, 1.82) is 0 Å². The van der Waals surface area contributed by atoms with Crippen molar-refractivity contribution in [2.24, 2.45) is 0 Å². The number of rotatable bonds is 4. The lowest BCUT2D eigenvalue weighted by atomic mass is 10.0. The number of carbonyl (C=O) groups excluding carboxylic acids is 1. The van der Waals surface area contributed by atoms with Crippen LogP contribution in [0.1, 0.15) is 21.6 Å². The molecule has 0 atom stereocenters. The van der Waals surface area contributed by atoms with Gasteiger partial charge < -0.3 is 4.74 Å². The van der Waals surface area contributed by atoms with Gasteiger partial charge in [-0.2, -0.15) is 0 Å². The Morgan fingerprint density at radius 2 is 2.16 bits per heavy atom. The van der Waals surface area contributed by atoms with Gasteiger partial charge in [-0.3, -0.25) is 9.78 Å². The first-order valence-electron chi connectivity index (χ1n) is 5.89. The molecule has 0 N–H and O–H groups in total. The number of nitrogens with zero attached hydrogens (tertiary/aromatic N) is 1. The molecule has 2 rings (SSSR count). The van der Waals surface area contributed by atoms with E-state index in [2.05, 4.69) is 4.98 Å². The molecule has 0 radical (unpaired) electrons. The normalized spacial score (nSPS) is 10.3. The standard InChI is InChI=1S/C15H14ClNO2/c1-10-4-3-7-17-13(10)9-14(18)12-8-11(16)5-6-15(12)19-2/h3-8H,9H2,1-2H3. The molecule has 0 fully saturated rings. The summed E-state index contributed by atoms with van der Waals surface area (Å²) >= 11 is 5.93. The van der Waals surface area contributed by atoms with Gasteiger partial charge in [0, 0.05) is 11.2 Å². The number of carbonyl (C=O) groups is 1. The predicted octanol–water partition coefficient (Wildman–Crippen LogP) is 3.48. The van der Waals surface area contributed by atoms with Crippen molar-refractivity contribution in [3.05, 3.63) is 58.4 Å². The van der Waals surface area contributed by atoms with Gasteiger partial charge in [0.15, 0.2) is 5.78 Å². The number of hydrogen-bond donors (Lipinski definition) is 0. The zero-order chi connectivity index (χ0) is 13.8. The van der Waals surface area contributed by atoms with Crippen molar-refractivity contribution in [3.8, 4) is 5.75 Å². The van der Waals surface area contributed by atoms with Crippen molar-refractivity contribution in [2.45, 2.75) is 13.3 Å². The Kier molecular flexibility index (Phi) is 4.17. The highest BCUT2D eigenvalue weighted by Gasteiger charge is 2.15. The number of aromatic nitrogens is 1. The van der Waals surface area contributed by atoms with Gasteiger partial charge in [0.05, 0.1) is 24.8 Å². The fourth-order valence-corrected chi connectivity index (χ4v) is 2.02. The number of benzene rings is 1. The van der Waals surface area contributed by atoms with E-state index in [-0.39, 0.29) is 12.2 Å². The number of aryl methyl sites for hydroxylation is 1. The molecule has 0 aliphatic heterocycles. The smallest absolute Gasteiger partial charge is 0.172 e. The molecule has 0 saturated carbocycles. The SMILES string of the molecule is COc1ccc(Cl)cc1C(=O)Cc1ncccc1C. The van der Waals surface area contributed by atoms with E-state index in [1.165, 1.54) is 7.11 Å². The van der Waals surface area contributed by atoms with Gasteiger partial charge in [0.25, 0.3) is 0 Å². The van der Waals surface area contributed by atoms with Crippen molar-refractivity contribution >= 4 is 17.4 Å². The fourth-order valence-electron chi connectivity index (χ4n) is 1.85. The number of pyridine rings is 1. The van der Waals surface area contributed by atoms with Crippen LogP contribution < -0.4 is 4.74 Å². The van der Waals surface area contributed by atoms with Crippen LogP contribution in [0, 0.1) is 6.92 Å². The van der Waals surface area contributed by atoms with E-state index in [4.69, 9.17) is 16.3 Å². The fraction of sp³-hybridized carbons (Fsp3) is 0.200. The predicted molar refractivity (Wildman–Crippen MR) is 75.0 cm³/mol. The molecule has 0 unspecified atom stereocenters. The molecule has 3 nitrogen and oxygen atoms in total. The van der Waals surface area contributed by atoms with E-state index in [0.717, 1.165) is 11.3 Å². The third-order valence-corrected chi connectivity index (χ3v) is 3.14. The number of Topliss-reactive ketones (excluding diaryl/α,β-unsaturated/α-hetero) is 1. The molecule has 0 aliphatic carbocycles. The maximum absolute atomic E-state index is 12.3. The lowest BCUT2D eigenvalue weighted by Gasteiger charge is -2.08. The zero-order valence-corrected chi connectivity index (χ0v) is 11.6. The maximum atomic E-state index is 12.3. The molecule has 1 heterocycles. The molecule has 0 saturated heterocycles. The van der Waals surface area contributed by atoms with Crippen LogP contribution in [-0.2, 0) is 6.42 Å². The Bertz CT molecular complexity index is 611. The number of methoxy groups -OCH3 is 1. The summed E-state index contributed by atoms with van der Waals surface area (Å²) < 4.78 is 5.19. The topological polar surface area (TPSA) is 39.2 Å². The molecule has 4 heteroatoms. The van der Waals surface area contributed by atoms with Gasteiger partial charge in [-0.15, -0.1) is 0 Å². The Hall–Kier alpha value is -1.87. The van der Waals surface area contributed by atoms with E-state index in [9.17, 15) is 4.79 Å². The summed E-state index contributed by atoms with van der Waals surface area (Å²) in [4.78, 5) is 16.5. The summed E-state index contributed by atoms with van der Waals surface area (Å²) in [6, 6.07) is 8.80. The van der Waals surface area contributed by atoms with E-state index >= 15 is 0 Å². The van der Waals surface area contributed by atoms with E-state index in [1.807, 2.05) is 19.1 Å². The molecule has 0 amide bonds. The minimum atomic E-state index is -0.0545. The highest BCUT2D eigenvalue weighted by atomic mass is 35.5. The molecule has 1 aromatic heterocycles. The molecule has 0 aliphatic rings. The Balaban J connectivity index is 2.30. The Morgan fingerprint density at radius 1 is 1.37 bits per heavy atom. The molecule has 2 aromatic rings. The average molecular weight is 276 g/mol. The number of ether oxygens (including phenoxy) is 1. The van der Waals surface area contributed by atoms with Crippen molar-refractivity contribution in [2.75, 3.05) is 7.11 Å². The maximum Gasteiger partial charge on any atom is 0.172 e. The highest BCUT2D eigenvalue weighted by Crippen LogP contribution is 2.24. The van der Waals surface area contributed by atoms with Gasteiger partial charge in [0.2, 0.25) is 0 Å². The summed E-state index contributed by atoms with van der Waals surface area (Å²) in [5, 5.41) is 0.516. The van der Waals surface area contributed by atoms with Crippen LogP contribution in [0.25, 0.3) is 0 Å². The van der Waals surface area contributed by atoms with Crippen LogP contribution in [0.2, 0.25) is 5.02 Å². The summed E-state index contributed by atoms with van der Waals surface area (Å²) in [5.74, 6) is 0.476. The monoisotopic (exact) mass is 275 g/mol. The van der Waals surface area contributed by atoms with Crippen LogP contribution in [0.15, 0.2) is 36.5 Å². The van der Waals surface area contributed by atoms with E-state index in [0.29, 0.717) is 16.3 Å². The van der Waals surface area contributed by atoms with Gasteiger partial charge >= 0.3 is 0 Å². The molecule has 1 aromatic carbocycles. The second-order valence-electron chi connectivity index (χ2n) is 4.21. The summed E-state index contributed by atoms with van der Waals surface area (Å²) in [6.45, 7) is 1.94. The largest absolute Gasteiger partial charge is 0.496 e. The van der Waals surface area contributed by atoms with E-state index in [1.54, 1.807) is 24.4 Å². The van der Waals surface area contributed by atoms with Gasteiger partial charge in [-0.25, -0.2) is 0 Å². The first kappa shape index (κ1) is 13.6. The van der Waals surface area contributed by atoms with Gasteiger partial charge in [-0.05, 0) is 36.8 Å². The molecule has 0 spiro atoms. The van der Waals surface area contributed by atoms with Crippen LogP contribution >= 0.6 is 11.6 Å². The first-order valence-corrected chi connectivity index (χ1v) is 6.27. The second kappa shape index (κ2) is 5.85. The number of hydrogen-bond acceptors (Lipinski definition) is 3. The van der Waals surface area contributed by atoms with Crippen LogP contribution in [-0.4, -0.2) is 17.9 Å². The molecular formula is C15H14ClNO2. The molecule has 0 bridgehead atoms. The summed E-state index contributed by atoms with van der Waals surface area (Å²) in [7, 11) is 1.53. The average Bonchev–Trinajstić information content (AvgIpc) is 2.41. The van der Waals surface area contributed by atoms with Crippen LogP contribution in [0.5, 0.6) is 5.75 Å². The van der Waals surface area contributed by atoms with E-state index < -0.39 is 0 Å². The lowest BCUT2D eigenvalue weighted by Crippen LogP contribution is -2.08. The van der Waals surface area contributed by atoms with Gasteiger partial charge in [-0.1, -0.05) is 17.7 Å². The van der Waals surface area contributed by atoms with Gasteiger partial charge in [0.1, 0.15) is 5.75 Å². The lowest BCUT2D eigenvalue weighted by molar-refractivity contribution is 0.0989. The molecular weight excluding hydrogens is 262 g/mol. The van der Waals surface area contributed by atoms with Crippen molar-refractivity contribution < 1.29 is 9.53 Å². The molecule has 19 heavy (non-hydrogen) atoms. The van der Waals surface area contributed by atoms with Crippen molar-refractivity contribution in [3.63, 3.8) is 0 Å². The minimum Gasteiger partial charge on any atom is -0.496 e. The molecule has 98 valence electrons. The number of ketones is 1. The van der Waals surface area contributed by atoms with Crippen molar-refractivity contribution in [1.82, 2.24) is 4.98 Å². The summed E-state index contributed by atoms with van der Waals surface area (Å²) in [6.07, 6.45) is 1.92. The zero-order valence-electron chi connectivity index (χ0n) is 10.8. The third kappa shape index (κ3) is 3.12. The first-order chi connectivity index (χ1) is 9.11.